The molecule has 4 N–H and O–H groups in total. The molecule has 0 radical (unpaired) electrons. The Balaban J connectivity index is 1.57. The molecular formula is C22H28N6O4S. The van der Waals surface area contributed by atoms with Gasteiger partial charge in [-0.3, -0.25) is 15.2 Å². The summed E-state index contributed by atoms with van der Waals surface area (Å²) >= 11 is 0. The summed E-state index contributed by atoms with van der Waals surface area (Å²) in [4.78, 5) is 20.6. The summed E-state index contributed by atoms with van der Waals surface area (Å²) in [6.45, 7) is 1.96. The number of carbonyl (C=O) groups is 1. The number of methoxy groups -OCH3 is 1. The van der Waals surface area contributed by atoms with Crippen LogP contribution in [0.1, 0.15) is 24.0 Å². The number of benzene rings is 1. The van der Waals surface area contributed by atoms with E-state index in [1.54, 1.807) is 35.5 Å². The molecule has 33 heavy (non-hydrogen) atoms. The topological polar surface area (TPSA) is 142 Å². The van der Waals surface area contributed by atoms with E-state index in [4.69, 9.17) is 15.9 Å². The number of sulfonamides is 1. The number of anilines is 1. The van der Waals surface area contributed by atoms with Crippen LogP contribution in [-0.4, -0.2) is 62.5 Å². The molecule has 0 bridgehead atoms. The van der Waals surface area contributed by atoms with Crippen molar-refractivity contribution in [1.82, 2.24) is 14.6 Å². The fraction of sp³-hybridized carbons (Fsp3) is 0.409. The minimum atomic E-state index is -4.01. The van der Waals surface area contributed by atoms with Crippen molar-refractivity contribution in [3.05, 3.63) is 53.9 Å². The number of ether oxygens (including phenoxy) is 1. The van der Waals surface area contributed by atoms with Crippen LogP contribution in [0.5, 0.6) is 0 Å². The first kappa shape index (κ1) is 23.0. The minimum absolute atomic E-state index is 0.0439. The molecule has 1 saturated heterocycles. The smallest absolute Gasteiger partial charge is 0.327 e. The zero-order chi connectivity index (χ0) is 23.6. The van der Waals surface area contributed by atoms with Crippen molar-refractivity contribution < 1.29 is 17.9 Å². The third-order valence-corrected chi connectivity index (χ3v) is 7.93. The SMILES string of the molecule is COC(=O)C1(NS(=O)(=O)c2ccc3c(c2)CN(C(=N)N)CC3)CCN(c2ccncc2)CC1. The molecular weight excluding hydrogens is 444 g/mol. The molecule has 0 aliphatic carbocycles. The predicted molar refractivity (Wildman–Crippen MR) is 123 cm³/mol. The Morgan fingerprint density at radius 3 is 2.48 bits per heavy atom. The van der Waals surface area contributed by atoms with Crippen LogP contribution in [0.2, 0.25) is 0 Å². The lowest BCUT2D eigenvalue weighted by molar-refractivity contribution is -0.148. The first-order chi connectivity index (χ1) is 15.7. The number of fused-ring (bicyclic) bond motifs is 1. The molecule has 2 aromatic rings. The molecule has 0 saturated carbocycles. The first-order valence-electron chi connectivity index (χ1n) is 10.7. The minimum Gasteiger partial charge on any atom is -0.468 e. The second-order valence-electron chi connectivity index (χ2n) is 8.36. The van der Waals surface area contributed by atoms with Gasteiger partial charge in [0, 0.05) is 44.3 Å². The normalized spacial score (nSPS) is 17.8. The fourth-order valence-corrected chi connectivity index (χ4v) is 5.93. The summed E-state index contributed by atoms with van der Waals surface area (Å²) in [7, 11) is -2.74. The van der Waals surface area contributed by atoms with Gasteiger partial charge in [0.15, 0.2) is 5.96 Å². The van der Waals surface area contributed by atoms with Gasteiger partial charge in [0.05, 0.1) is 12.0 Å². The van der Waals surface area contributed by atoms with E-state index in [0.717, 1.165) is 16.8 Å². The number of nitrogens with two attached hydrogens (primary N) is 1. The maximum atomic E-state index is 13.4. The van der Waals surface area contributed by atoms with Crippen LogP contribution in [0.25, 0.3) is 0 Å². The van der Waals surface area contributed by atoms with Gasteiger partial charge in [-0.25, -0.2) is 8.42 Å². The van der Waals surface area contributed by atoms with Crippen molar-refractivity contribution in [2.75, 3.05) is 31.6 Å². The van der Waals surface area contributed by atoms with Crippen LogP contribution >= 0.6 is 0 Å². The zero-order valence-corrected chi connectivity index (χ0v) is 19.3. The van der Waals surface area contributed by atoms with Crippen LogP contribution in [0, 0.1) is 5.41 Å². The highest BCUT2D eigenvalue weighted by molar-refractivity contribution is 7.89. The maximum absolute atomic E-state index is 13.4. The zero-order valence-electron chi connectivity index (χ0n) is 18.5. The predicted octanol–water partition coefficient (Wildman–Crippen LogP) is 0.824. The largest absolute Gasteiger partial charge is 0.468 e. The average molecular weight is 473 g/mol. The summed E-state index contributed by atoms with van der Waals surface area (Å²) < 4.78 is 34.4. The standard InChI is InChI=1S/C22H28N6O4S/c1-32-20(29)22(7-12-27(13-8-22)18-4-9-25-10-5-18)26-33(30,31)19-3-2-16-6-11-28(21(23)24)15-17(16)14-19/h2-5,9-10,14,26H,6-8,11-13,15H2,1H3,(H3,23,24). The van der Waals surface area contributed by atoms with Gasteiger partial charge in [0.1, 0.15) is 5.54 Å². The Hall–Kier alpha value is -3.18. The van der Waals surface area contributed by atoms with Crippen LogP contribution in [0.4, 0.5) is 5.69 Å². The van der Waals surface area contributed by atoms with Gasteiger partial charge < -0.3 is 20.3 Å². The molecule has 1 aromatic heterocycles. The summed E-state index contributed by atoms with van der Waals surface area (Å²) in [5, 5.41) is 7.66. The molecule has 2 aliphatic heterocycles. The molecule has 3 heterocycles. The highest BCUT2D eigenvalue weighted by Gasteiger charge is 2.46. The number of guanidine groups is 1. The van der Waals surface area contributed by atoms with E-state index in [1.807, 2.05) is 12.1 Å². The second kappa shape index (κ2) is 8.99. The lowest BCUT2D eigenvalue weighted by atomic mass is 9.88. The molecule has 11 heteroatoms. The Morgan fingerprint density at radius 1 is 1.15 bits per heavy atom. The Kier molecular flexibility index (Phi) is 6.26. The Bertz CT molecular complexity index is 1150. The lowest BCUT2D eigenvalue weighted by Crippen LogP contribution is -2.60. The summed E-state index contributed by atoms with van der Waals surface area (Å²) in [5.41, 5.74) is 7.06. The summed E-state index contributed by atoms with van der Waals surface area (Å²) in [6.07, 6.45) is 4.61. The number of hydrogen-bond donors (Lipinski definition) is 3. The fourth-order valence-electron chi connectivity index (χ4n) is 4.47. The number of nitrogens with zero attached hydrogens (tertiary/aromatic N) is 3. The van der Waals surface area contributed by atoms with Gasteiger partial charge in [0.25, 0.3) is 0 Å². The highest BCUT2D eigenvalue weighted by atomic mass is 32.2. The van der Waals surface area contributed by atoms with Crippen molar-refractivity contribution in [2.24, 2.45) is 5.73 Å². The second-order valence-corrected chi connectivity index (χ2v) is 10.0. The van der Waals surface area contributed by atoms with Crippen LogP contribution in [0.3, 0.4) is 0 Å². The molecule has 0 atom stereocenters. The molecule has 2 aliphatic rings. The van der Waals surface area contributed by atoms with Crippen LogP contribution in [-0.2, 0) is 32.5 Å². The molecule has 0 amide bonds. The number of aromatic nitrogens is 1. The van der Waals surface area contributed by atoms with Gasteiger partial charge in [-0.1, -0.05) is 6.07 Å². The van der Waals surface area contributed by atoms with E-state index in [2.05, 4.69) is 14.6 Å². The van der Waals surface area contributed by atoms with Crippen molar-refractivity contribution in [2.45, 2.75) is 36.2 Å². The van der Waals surface area contributed by atoms with Crippen molar-refractivity contribution in [3.8, 4) is 0 Å². The van der Waals surface area contributed by atoms with E-state index in [1.165, 1.54) is 7.11 Å². The Labute approximate surface area is 193 Å². The van der Waals surface area contributed by atoms with E-state index in [9.17, 15) is 13.2 Å². The molecule has 0 spiro atoms. The van der Waals surface area contributed by atoms with E-state index < -0.39 is 21.5 Å². The molecule has 1 aromatic carbocycles. The van der Waals surface area contributed by atoms with Gasteiger partial charge in [-0.2, -0.15) is 4.72 Å². The number of rotatable bonds is 5. The number of carbonyl (C=O) groups excluding carboxylic acids is 1. The van der Waals surface area contributed by atoms with Crippen molar-refractivity contribution in [3.63, 3.8) is 0 Å². The van der Waals surface area contributed by atoms with Gasteiger partial charge in [0.2, 0.25) is 10.0 Å². The van der Waals surface area contributed by atoms with Gasteiger partial charge in [-0.15, -0.1) is 0 Å². The van der Waals surface area contributed by atoms with Gasteiger partial charge >= 0.3 is 5.97 Å². The van der Waals surface area contributed by atoms with Crippen LogP contribution < -0.4 is 15.4 Å². The van der Waals surface area contributed by atoms with Gasteiger partial charge in [-0.05, 0) is 54.7 Å². The van der Waals surface area contributed by atoms with Crippen molar-refractivity contribution >= 4 is 27.6 Å². The maximum Gasteiger partial charge on any atom is 0.327 e. The third kappa shape index (κ3) is 4.64. The molecule has 176 valence electrons. The van der Waals surface area contributed by atoms with Crippen LogP contribution in [0.15, 0.2) is 47.6 Å². The average Bonchev–Trinajstić information content (AvgIpc) is 2.83. The number of piperidine rings is 1. The number of esters is 1. The number of hydrogen-bond acceptors (Lipinski definition) is 7. The molecule has 10 nitrogen and oxygen atoms in total. The summed E-state index contributed by atoms with van der Waals surface area (Å²) in [6, 6.07) is 8.71. The monoisotopic (exact) mass is 472 g/mol. The number of pyridine rings is 1. The quantitative estimate of drug-likeness (QED) is 0.330. The van der Waals surface area contributed by atoms with Crippen molar-refractivity contribution in [1.29, 1.82) is 5.41 Å². The molecule has 0 unspecified atom stereocenters. The molecule has 4 rings (SSSR count). The number of nitrogens with one attached hydrogen (secondary N) is 2. The van der Waals surface area contributed by atoms with E-state index in [-0.39, 0.29) is 23.7 Å². The van der Waals surface area contributed by atoms with E-state index in [0.29, 0.717) is 32.6 Å². The first-order valence-corrected chi connectivity index (χ1v) is 12.2. The third-order valence-electron chi connectivity index (χ3n) is 6.39. The van der Waals surface area contributed by atoms with E-state index >= 15 is 0 Å². The summed E-state index contributed by atoms with van der Waals surface area (Å²) in [5.74, 6) is -0.640. The highest BCUT2D eigenvalue weighted by Crippen LogP contribution is 2.30. The Morgan fingerprint density at radius 2 is 1.85 bits per heavy atom. The molecule has 1 fully saturated rings. The lowest BCUT2D eigenvalue weighted by Gasteiger charge is -2.40.